The lowest BCUT2D eigenvalue weighted by Gasteiger charge is -2.33. The van der Waals surface area contributed by atoms with E-state index < -0.39 is 28.5 Å². The topological polar surface area (TPSA) is 86.8 Å². The highest BCUT2D eigenvalue weighted by molar-refractivity contribution is 7.92. The molecule has 0 spiro atoms. The number of carbonyl (C=O) groups excluding carboxylic acids is 2. The molecule has 0 radical (unpaired) electrons. The summed E-state index contributed by atoms with van der Waals surface area (Å²) in [4.78, 5) is 28.5. The molecule has 3 aromatic carbocycles. The van der Waals surface area contributed by atoms with Gasteiger partial charge in [-0.15, -0.1) is 0 Å². The van der Waals surface area contributed by atoms with E-state index in [4.69, 9.17) is 0 Å². The number of aryl methyl sites for hydroxylation is 2. The molecule has 8 heteroatoms. The van der Waals surface area contributed by atoms with E-state index in [9.17, 15) is 18.0 Å². The first-order chi connectivity index (χ1) is 17.7. The SMILES string of the molecule is CCNC(=O)[C@H](CC)N(Cc1ccccc1C)C(=O)CN(c1cccc(C)c1)S(=O)(=O)c1ccccc1. The van der Waals surface area contributed by atoms with Crippen LogP contribution < -0.4 is 9.62 Å². The number of nitrogens with zero attached hydrogens (tertiary/aromatic N) is 2. The first kappa shape index (κ1) is 27.9. The van der Waals surface area contributed by atoms with Crippen molar-refractivity contribution in [3.63, 3.8) is 0 Å². The molecule has 196 valence electrons. The Morgan fingerprint density at radius 2 is 1.57 bits per heavy atom. The second-order valence-corrected chi connectivity index (χ2v) is 10.8. The van der Waals surface area contributed by atoms with Crippen LogP contribution in [0.1, 0.15) is 37.0 Å². The van der Waals surface area contributed by atoms with Crippen molar-refractivity contribution >= 4 is 27.5 Å². The third-order valence-electron chi connectivity index (χ3n) is 6.24. The maximum absolute atomic E-state index is 14.0. The van der Waals surface area contributed by atoms with Crippen LogP contribution in [-0.2, 0) is 26.2 Å². The normalized spacial score (nSPS) is 12.0. The van der Waals surface area contributed by atoms with Crippen LogP contribution >= 0.6 is 0 Å². The van der Waals surface area contributed by atoms with Crippen molar-refractivity contribution in [2.75, 3.05) is 17.4 Å². The van der Waals surface area contributed by atoms with Crippen LogP contribution in [0.25, 0.3) is 0 Å². The van der Waals surface area contributed by atoms with E-state index in [1.165, 1.54) is 17.0 Å². The molecule has 0 aliphatic heterocycles. The fourth-order valence-corrected chi connectivity index (χ4v) is 5.64. The standard InChI is InChI=1S/C29H35N3O4S/c1-5-27(29(34)30-6-2)31(20-24-15-11-10-14-23(24)4)28(33)21-32(25-16-12-13-22(3)19-25)37(35,36)26-17-8-7-9-18-26/h7-19,27H,5-6,20-21H2,1-4H3,(H,30,34)/t27-/m0/s1. The molecule has 0 fully saturated rings. The molecular weight excluding hydrogens is 486 g/mol. The number of hydrogen-bond acceptors (Lipinski definition) is 4. The van der Waals surface area contributed by atoms with E-state index in [-0.39, 0.29) is 17.3 Å². The third kappa shape index (κ3) is 6.77. The Morgan fingerprint density at radius 3 is 2.19 bits per heavy atom. The van der Waals surface area contributed by atoms with Crippen molar-refractivity contribution in [2.45, 2.75) is 51.6 Å². The summed E-state index contributed by atoms with van der Waals surface area (Å²) in [5.74, 6) is -0.720. The van der Waals surface area contributed by atoms with Crippen LogP contribution in [0.4, 0.5) is 5.69 Å². The molecule has 1 N–H and O–H groups in total. The molecule has 1 atom stereocenters. The Kier molecular flexibility index (Phi) is 9.47. The van der Waals surface area contributed by atoms with Crippen molar-refractivity contribution in [3.8, 4) is 0 Å². The predicted octanol–water partition coefficient (Wildman–Crippen LogP) is 4.44. The van der Waals surface area contributed by atoms with Crippen LogP contribution in [0.3, 0.4) is 0 Å². The number of hydrogen-bond donors (Lipinski definition) is 1. The summed E-state index contributed by atoms with van der Waals surface area (Å²) >= 11 is 0. The summed E-state index contributed by atoms with van der Waals surface area (Å²) in [7, 11) is -4.06. The molecule has 0 saturated carbocycles. The molecule has 0 heterocycles. The van der Waals surface area contributed by atoms with Gasteiger partial charge in [0.2, 0.25) is 11.8 Å². The van der Waals surface area contributed by atoms with Crippen molar-refractivity contribution in [3.05, 3.63) is 95.6 Å². The largest absolute Gasteiger partial charge is 0.355 e. The van der Waals surface area contributed by atoms with Crippen LogP contribution in [0, 0.1) is 13.8 Å². The third-order valence-corrected chi connectivity index (χ3v) is 8.03. The zero-order valence-electron chi connectivity index (χ0n) is 21.8. The van der Waals surface area contributed by atoms with Gasteiger partial charge in [-0.05, 0) is 68.1 Å². The highest BCUT2D eigenvalue weighted by Crippen LogP contribution is 2.25. The molecule has 7 nitrogen and oxygen atoms in total. The summed E-state index contributed by atoms with van der Waals surface area (Å²) in [6, 6.07) is 22.0. The fourth-order valence-electron chi connectivity index (χ4n) is 4.21. The Hall–Kier alpha value is -3.65. The smallest absolute Gasteiger partial charge is 0.264 e. The van der Waals surface area contributed by atoms with Crippen LogP contribution in [0.5, 0.6) is 0 Å². The summed E-state index contributed by atoms with van der Waals surface area (Å²) in [5.41, 5.74) is 3.13. The van der Waals surface area contributed by atoms with Gasteiger partial charge in [-0.25, -0.2) is 8.42 Å². The molecule has 37 heavy (non-hydrogen) atoms. The molecule has 3 aromatic rings. The van der Waals surface area contributed by atoms with Gasteiger partial charge in [0.25, 0.3) is 10.0 Å². The molecule has 0 aromatic heterocycles. The van der Waals surface area contributed by atoms with Gasteiger partial charge in [0.1, 0.15) is 12.6 Å². The number of carbonyl (C=O) groups is 2. The second-order valence-electron chi connectivity index (χ2n) is 8.93. The predicted molar refractivity (Wildman–Crippen MR) is 147 cm³/mol. The maximum Gasteiger partial charge on any atom is 0.264 e. The molecule has 2 amide bonds. The fraction of sp³-hybridized carbons (Fsp3) is 0.310. The average molecular weight is 522 g/mol. The summed E-state index contributed by atoms with van der Waals surface area (Å²) < 4.78 is 28.7. The summed E-state index contributed by atoms with van der Waals surface area (Å²) in [6.45, 7) is 7.66. The minimum absolute atomic E-state index is 0.0885. The highest BCUT2D eigenvalue weighted by Gasteiger charge is 2.33. The number of nitrogens with one attached hydrogen (secondary N) is 1. The lowest BCUT2D eigenvalue weighted by atomic mass is 10.1. The lowest BCUT2D eigenvalue weighted by molar-refractivity contribution is -0.140. The molecule has 3 rings (SSSR count). The van der Waals surface area contributed by atoms with Gasteiger partial charge in [0.05, 0.1) is 10.6 Å². The van der Waals surface area contributed by atoms with E-state index in [0.29, 0.717) is 18.7 Å². The minimum atomic E-state index is -4.06. The molecule has 0 bridgehead atoms. The zero-order chi connectivity index (χ0) is 27.0. The zero-order valence-corrected chi connectivity index (χ0v) is 22.7. The quantitative estimate of drug-likeness (QED) is 0.404. The van der Waals surface area contributed by atoms with Gasteiger partial charge in [0, 0.05) is 13.1 Å². The molecule has 0 unspecified atom stereocenters. The Morgan fingerprint density at radius 1 is 0.892 bits per heavy atom. The van der Waals surface area contributed by atoms with Gasteiger partial charge in [0.15, 0.2) is 0 Å². The lowest BCUT2D eigenvalue weighted by Crippen LogP contribution is -2.52. The molecule has 0 saturated heterocycles. The number of likely N-dealkylation sites (N-methyl/N-ethyl adjacent to an activating group) is 1. The number of benzene rings is 3. The van der Waals surface area contributed by atoms with Gasteiger partial charge >= 0.3 is 0 Å². The van der Waals surface area contributed by atoms with E-state index in [1.807, 2.05) is 58.0 Å². The number of anilines is 1. The van der Waals surface area contributed by atoms with E-state index in [0.717, 1.165) is 21.0 Å². The number of amides is 2. The molecule has 0 aliphatic carbocycles. The average Bonchev–Trinajstić information content (AvgIpc) is 2.88. The highest BCUT2D eigenvalue weighted by atomic mass is 32.2. The van der Waals surface area contributed by atoms with E-state index in [1.54, 1.807) is 36.4 Å². The molecule has 0 aliphatic rings. The van der Waals surface area contributed by atoms with Crippen molar-refractivity contribution in [1.82, 2.24) is 10.2 Å². The van der Waals surface area contributed by atoms with E-state index in [2.05, 4.69) is 5.32 Å². The van der Waals surface area contributed by atoms with Crippen LogP contribution in [0.2, 0.25) is 0 Å². The van der Waals surface area contributed by atoms with Crippen molar-refractivity contribution < 1.29 is 18.0 Å². The number of sulfonamides is 1. The van der Waals surface area contributed by atoms with Crippen molar-refractivity contribution in [1.29, 1.82) is 0 Å². The van der Waals surface area contributed by atoms with Gasteiger partial charge in [-0.3, -0.25) is 13.9 Å². The summed E-state index contributed by atoms with van der Waals surface area (Å²) in [5, 5.41) is 2.82. The Bertz CT molecular complexity index is 1330. The van der Waals surface area contributed by atoms with Gasteiger partial charge in [-0.2, -0.15) is 0 Å². The van der Waals surface area contributed by atoms with E-state index >= 15 is 0 Å². The second kappa shape index (κ2) is 12.5. The Labute approximate surface area is 220 Å². The summed E-state index contributed by atoms with van der Waals surface area (Å²) in [6.07, 6.45) is 0.388. The molecular formula is C29H35N3O4S. The van der Waals surface area contributed by atoms with Gasteiger partial charge in [-0.1, -0.05) is 61.5 Å². The van der Waals surface area contributed by atoms with Crippen LogP contribution in [0.15, 0.2) is 83.8 Å². The monoisotopic (exact) mass is 521 g/mol. The first-order valence-corrected chi connectivity index (χ1v) is 13.9. The Balaban J connectivity index is 2.06. The van der Waals surface area contributed by atoms with Gasteiger partial charge < -0.3 is 10.2 Å². The minimum Gasteiger partial charge on any atom is -0.355 e. The first-order valence-electron chi connectivity index (χ1n) is 12.4. The number of rotatable bonds is 11. The maximum atomic E-state index is 14.0. The van der Waals surface area contributed by atoms with Crippen LogP contribution in [-0.4, -0.2) is 44.3 Å². The van der Waals surface area contributed by atoms with Crippen molar-refractivity contribution in [2.24, 2.45) is 0 Å².